The number of nitrogens with one attached hydrogen (secondary N) is 2. The number of amides is 2. The first kappa shape index (κ1) is 19.2. The van der Waals surface area contributed by atoms with Crippen LogP contribution in [0.2, 0.25) is 0 Å². The van der Waals surface area contributed by atoms with Crippen molar-refractivity contribution in [2.24, 2.45) is 0 Å². The molecule has 150 valence electrons. The smallest absolute Gasteiger partial charge is 0.271 e. The van der Waals surface area contributed by atoms with Crippen LogP contribution in [0.1, 0.15) is 17.5 Å². The Labute approximate surface area is 171 Å². The predicted molar refractivity (Wildman–Crippen MR) is 112 cm³/mol. The molecule has 2 aromatic rings. The van der Waals surface area contributed by atoms with Crippen LogP contribution < -0.4 is 15.3 Å². The molecule has 2 amide bonds. The number of hydrazine groups is 1. The van der Waals surface area contributed by atoms with Crippen molar-refractivity contribution in [1.29, 1.82) is 0 Å². The van der Waals surface area contributed by atoms with Crippen molar-refractivity contribution in [2.45, 2.75) is 19.9 Å². The highest BCUT2D eigenvalue weighted by atomic mass is 16.2. The lowest BCUT2D eigenvalue weighted by Gasteiger charge is -2.35. The number of anilines is 1. The van der Waals surface area contributed by atoms with Crippen LogP contribution in [-0.4, -0.2) is 42.9 Å². The van der Waals surface area contributed by atoms with Crippen molar-refractivity contribution in [2.75, 3.05) is 31.2 Å². The molecule has 2 heterocycles. The monoisotopic (exact) mass is 391 g/mol. The largest absolute Gasteiger partial charge is 0.328 e. The summed E-state index contributed by atoms with van der Waals surface area (Å²) in [6.07, 6.45) is 1.93. The molecule has 1 saturated heterocycles. The molecule has 6 heteroatoms. The Morgan fingerprint density at radius 2 is 1.83 bits per heavy atom. The number of piperazine rings is 1. The summed E-state index contributed by atoms with van der Waals surface area (Å²) in [6, 6.07) is 18.2. The van der Waals surface area contributed by atoms with E-state index >= 15 is 0 Å². The molecule has 0 aromatic heterocycles. The molecule has 6 nitrogen and oxygen atoms in total. The molecule has 2 aliphatic rings. The van der Waals surface area contributed by atoms with E-state index < -0.39 is 0 Å². The molecular formula is C23H27N4O2+. The summed E-state index contributed by atoms with van der Waals surface area (Å²) in [5, 5.41) is 1.48. The van der Waals surface area contributed by atoms with Crippen LogP contribution in [0.25, 0.3) is 0 Å². The number of rotatable bonds is 4. The Bertz CT molecular complexity index is 917. The van der Waals surface area contributed by atoms with Gasteiger partial charge in [0.2, 0.25) is 5.91 Å². The number of hydrogen-bond donors (Lipinski definition) is 2. The highest BCUT2D eigenvalue weighted by Gasteiger charge is 2.30. The molecule has 2 N–H and O–H groups in total. The van der Waals surface area contributed by atoms with Gasteiger partial charge in [0, 0.05) is 12.0 Å². The molecule has 0 radical (unpaired) electrons. The van der Waals surface area contributed by atoms with Gasteiger partial charge in [-0.25, -0.2) is 5.01 Å². The Hall–Kier alpha value is -3.12. The lowest BCUT2D eigenvalue weighted by Crippen LogP contribution is -3.13. The molecule has 0 saturated carbocycles. The van der Waals surface area contributed by atoms with E-state index in [0.29, 0.717) is 5.70 Å². The summed E-state index contributed by atoms with van der Waals surface area (Å²) in [5.41, 5.74) is 6.67. The Morgan fingerprint density at radius 1 is 1.07 bits per heavy atom. The van der Waals surface area contributed by atoms with Crippen molar-refractivity contribution < 1.29 is 14.5 Å². The van der Waals surface area contributed by atoms with Crippen molar-refractivity contribution in [3.8, 4) is 0 Å². The zero-order valence-electron chi connectivity index (χ0n) is 16.7. The maximum absolute atomic E-state index is 13.0. The first-order valence-electron chi connectivity index (χ1n) is 10.1. The van der Waals surface area contributed by atoms with Crippen LogP contribution in [0.5, 0.6) is 0 Å². The van der Waals surface area contributed by atoms with Crippen molar-refractivity contribution in [3.05, 3.63) is 77.5 Å². The van der Waals surface area contributed by atoms with Gasteiger partial charge in [0.15, 0.2) is 0 Å². The van der Waals surface area contributed by atoms with Crippen LogP contribution in [0, 0.1) is 6.92 Å². The molecule has 2 aromatic carbocycles. The minimum Gasteiger partial charge on any atom is -0.328 e. The van der Waals surface area contributed by atoms with E-state index in [1.165, 1.54) is 15.5 Å². The third-order valence-electron chi connectivity index (χ3n) is 5.51. The van der Waals surface area contributed by atoms with Gasteiger partial charge >= 0.3 is 0 Å². The number of nitrogens with zero attached hydrogens (tertiary/aromatic N) is 2. The number of carbonyl (C=O) groups is 2. The topological polar surface area (TPSA) is 57.1 Å². The van der Waals surface area contributed by atoms with Gasteiger partial charge in [-0.1, -0.05) is 42.5 Å². The first-order valence-corrected chi connectivity index (χ1v) is 10.1. The Kier molecular flexibility index (Phi) is 5.62. The fraction of sp³-hybridized carbons (Fsp3) is 0.304. The number of aryl methyl sites for hydroxylation is 1. The predicted octanol–water partition coefficient (Wildman–Crippen LogP) is 1.05. The average molecular weight is 391 g/mol. The summed E-state index contributed by atoms with van der Waals surface area (Å²) in [5.74, 6) is -0.0989. The highest BCUT2D eigenvalue weighted by molar-refractivity contribution is 6.01. The van der Waals surface area contributed by atoms with Gasteiger partial charge in [-0.2, -0.15) is 0 Å². The van der Waals surface area contributed by atoms with Crippen LogP contribution in [0.3, 0.4) is 0 Å². The summed E-state index contributed by atoms with van der Waals surface area (Å²) in [4.78, 5) is 28.7. The van der Waals surface area contributed by atoms with Crippen LogP contribution in [-0.2, 0) is 16.1 Å². The van der Waals surface area contributed by atoms with Gasteiger partial charge in [-0.15, -0.1) is 0 Å². The van der Waals surface area contributed by atoms with Gasteiger partial charge in [0.25, 0.3) is 5.91 Å². The highest BCUT2D eigenvalue weighted by Crippen LogP contribution is 2.19. The normalized spacial score (nSPS) is 17.7. The second-order valence-corrected chi connectivity index (χ2v) is 7.71. The minimum absolute atomic E-state index is 0.0334. The molecule has 0 aliphatic carbocycles. The van der Waals surface area contributed by atoms with E-state index in [-0.39, 0.29) is 18.2 Å². The fourth-order valence-corrected chi connectivity index (χ4v) is 3.88. The SMILES string of the molecule is Cc1cccc(N2NC(C(=O)N3CC[NH+](Cc4ccccc4)CC3)=CCC2=O)c1. The van der Waals surface area contributed by atoms with Crippen molar-refractivity contribution in [3.63, 3.8) is 0 Å². The zero-order chi connectivity index (χ0) is 20.2. The maximum Gasteiger partial charge on any atom is 0.271 e. The summed E-state index contributed by atoms with van der Waals surface area (Å²) in [6.45, 7) is 6.26. The Morgan fingerprint density at radius 3 is 2.55 bits per heavy atom. The van der Waals surface area contributed by atoms with Crippen molar-refractivity contribution >= 4 is 17.5 Å². The van der Waals surface area contributed by atoms with Crippen molar-refractivity contribution in [1.82, 2.24) is 10.3 Å². The van der Waals surface area contributed by atoms with E-state index in [2.05, 4.69) is 29.7 Å². The number of quaternary nitrogens is 1. The third-order valence-corrected chi connectivity index (χ3v) is 5.51. The van der Waals surface area contributed by atoms with Crippen LogP contribution >= 0.6 is 0 Å². The van der Waals surface area contributed by atoms with Gasteiger partial charge in [0.1, 0.15) is 12.2 Å². The molecule has 0 unspecified atom stereocenters. The summed E-state index contributed by atoms with van der Waals surface area (Å²) < 4.78 is 0. The maximum atomic E-state index is 13.0. The quantitative estimate of drug-likeness (QED) is 0.819. The molecule has 2 aliphatic heterocycles. The molecule has 1 fully saturated rings. The number of carbonyl (C=O) groups excluding carboxylic acids is 2. The van der Waals surface area contributed by atoms with E-state index in [4.69, 9.17) is 0 Å². The minimum atomic E-state index is -0.0655. The standard InChI is InChI=1S/C23H26N4O2/c1-18-6-5-9-20(16-18)27-22(28)11-10-21(24-27)23(29)26-14-12-25(13-15-26)17-19-7-3-2-4-8-19/h2-10,16,24H,11-15,17H2,1H3/p+1. The summed E-state index contributed by atoms with van der Waals surface area (Å²) in [7, 11) is 0. The molecule has 0 bridgehead atoms. The van der Waals surface area contributed by atoms with Gasteiger partial charge < -0.3 is 9.80 Å². The van der Waals surface area contributed by atoms with Gasteiger partial charge in [0.05, 0.1) is 31.9 Å². The molecule has 0 spiro atoms. The average Bonchev–Trinajstić information content (AvgIpc) is 2.75. The number of hydrogen-bond acceptors (Lipinski definition) is 3. The van der Waals surface area contributed by atoms with Gasteiger partial charge in [-0.3, -0.25) is 15.0 Å². The molecule has 4 rings (SSSR count). The third kappa shape index (κ3) is 4.49. The fourth-order valence-electron chi connectivity index (χ4n) is 3.88. The Balaban J connectivity index is 1.37. The summed E-state index contributed by atoms with van der Waals surface area (Å²) >= 11 is 0. The van der Waals surface area contributed by atoms with Gasteiger partial charge in [-0.05, 0) is 30.7 Å². The van der Waals surface area contributed by atoms with E-state index in [0.717, 1.165) is 44.0 Å². The number of benzene rings is 2. The molecule has 29 heavy (non-hydrogen) atoms. The first-order chi connectivity index (χ1) is 14.1. The second-order valence-electron chi connectivity index (χ2n) is 7.71. The lowest BCUT2D eigenvalue weighted by molar-refractivity contribution is -0.917. The van der Waals surface area contributed by atoms with E-state index in [9.17, 15) is 9.59 Å². The molecule has 0 atom stereocenters. The second kappa shape index (κ2) is 8.49. The van der Waals surface area contributed by atoms with E-state index in [1.54, 1.807) is 6.08 Å². The van der Waals surface area contributed by atoms with E-state index in [1.807, 2.05) is 42.2 Å². The zero-order valence-corrected chi connectivity index (χ0v) is 16.7. The van der Waals surface area contributed by atoms with Crippen LogP contribution in [0.15, 0.2) is 66.4 Å². The van der Waals surface area contributed by atoms with Crippen LogP contribution in [0.4, 0.5) is 5.69 Å². The lowest BCUT2D eigenvalue weighted by atomic mass is 10.1. The molecular weight excluding hydrogens is 364 g/mol.